The predicted molar refractivity (Wildman–Crippen MR) is 119 cm³/mol. The molecule has 3 unspecified atom stereocenters. The molecule has 1 N–H and O–H groups in total. The lowest BCUT2D eigenvalue weighted by Crippen LogP contribution is -2.31. The van der Waals surface area contributed by atoms with Crippen LogP contribution in [0.25, 0.3) is 0 Å². The maximum absolute atomic E-state index is 13.0. The number of nitrogens with zero attached hydrogens (tertiary/aromatic N) is 1. The summed E-state index contributed by atoms with van der Waals surface area (Å²) in [6.07, 6.45) is 0.910. The van der Waals surface area contributed by atoms with Crippen molar-refractivity contribution in [3.05, 3.63) is 102 Å². The molecule has 0 aromatic heterocycles. The smallest absolute Gasteiger partial charge is 0.255 e. The second-order valence-corrected chi connectivity index (χ2v) is 7.93. The first-order chi connectivity index (χ1) is 14.5. The highest BCUT2D eigenvalue weighted by Gasteiger charge is 2.45. The largest absolute Gasteiger partial charge is 0.339 e. The Morgan fingerprint density at radius 3 is 2.30 bits per heavy atom. The van der Waals surface area contributed by atoms with Gasteiger partial charge in [0.1, 0.15) is 0 Å². The van der Waals surface area contributed by atoms with E-state index in [1.807, 2.05) is 79.5 Å². The van der Waals surface area contributed by atoms with E-state index in [2.05, 4.69) is 17.4 Å². The van der Waals surface area contributed by atoms with E-state index in [0.29, 0.717) is 11.5 Å². The quantitative estimate of drug-likeness (QED) is 0.616. The van der Waals surface area contributed by atoms with Crippen LogP contribution in [-0.2, 0) is 4.79 Å². The number of hydrogen-bond acceptors (Lipinski definition) is 2. The van der Waals surface area contributed by atoms with Crippen LogP contribution in [0.2, 0.25) is 0 Å². The van der Waals surface area contributed by atoms with Gasteiger partial charge in [0.05, 0.1) is 6.04 Å². The summed E-state index contributed by atoms with van der Waals surface area (Å²) in [5, 5.41) is 2.94. The summed E-state index contributed by atoms with van der Waals surface area (Å²) < 4.78 is 0. The molecule has 4 heteroatoms. The van der Waals surface area contributed by atoms with Crippen molar-refractivity contribution < 1.29 is 9.59 Å². The third-order valence-electron chi connectivity index (χ3n) is 5.93. The van der Waals surface area contributed by atoms with Crippen LogP contribution in [0.3, 0.4) is 0 Å². The average Bonchev–Trinajstić information content (AvgIpc) is 3.60. The number of benzene rings is 3. The van der Waals surface area contributed by atoms with Crippen molar-refractivity contribution in [1.82, 2.24) is 4.90 Å². The van der Waals surface area contributed by atoms with Gasteiger partial charge in [-0.2, -0.15) is 0 Å². The Labute approximate surface area is 177 Å². The Balaban J connectivity index is 1.42. The summed E-state index contributed by atoms with van der Waals surface area (Å²) in [7, 11) is 1.86. The van der Waals surface area contributed by atoms with E-state index in [-0.39, 0.29) is 23.8 Å². The number of amides is 2. The van der Waals surface area contributed by atoms with E-state index >= 15 is 0 Å². The van der Waals surface area contributed by atoms with Crippen molar-refractivity contribution in [1.29, 1.82) is 0 Å². The van der Waals surface area contributed by atoms with Gasteiger partial charge in [0.2, 0.25) is 5.91 Å². The average molecular weight is 399 g/mol. The van der Waals surface area contributed by atoms with Crippen molar-refractivity contribution >= 4 is 17.5 Å². The zero-order valence-corrected chi connectivity index (χ0v) is 17.3. The summed E-state index contributed by atoms with van der Waals surface area (Å²) in [4.78, 5) is 27.3. The van der Waals surface area contributed by atoms with Crippen LogP contribution in [0, 0.1) is 5.92 Å². The molecule has 1 aliphatic carbocycles. The van der Waals surface area contributed by atoms with Crippen LogP contribution >= 0.6 is 0 Å². The van der Waals surface area contributed by atoms with Gasteiger partial charge in [-0.15, -0.1) is 0 Å². The molecule has 0 heterocycles. The number of anilines is 1. The summed E-state index contributed by atoms with van der Waals surface area (Å²) >= 11 is 0. The molecule has 30 heavy (non-hydrogen) atoms. The fraction of sp³-hybridized carbons (Fsp3) is 0.231. The molecular formula is C26H26N2O2. The summed E-state index contributed by atoms with van der Waals surface area (Å²) in [6.45, 7) is 2.02. The summed E-state index contributed by atoms with van der Waals surface area (Å²) in [6, 6.07) is 27.0. The Morgan fingerprint density at radius 2 is 1.60 bits per heavy atom. The number of carbonyl (C=O) groups is 2. The van der Waals surface area contributed by atoms with Gasteiger partial charge in [-0.25, -0.2) is 0 Å². The monoisotopic (exact) mass is 398 g/mol. The van der Waals surface area contributed by atoms with Gasteiger partial charge in [-0.1, -0.05) is 60.7 Å². The Bertz CT molecular complexity index is 1030. The first kappa shape index (κ1) is 19.9. The number of carbonyl (C=O) groups excluding carboxylic acids is 2. The number of hydrogen-bond donors (Lipinski definition) is 1. The lowest BCUT2D eigenvalue weighted by atomic mass is 10.0. The van der Waals surface area contributed by atoms with Crippen molar-refractivity contribution in [2.45, 2.75) is 25.3 Å². The third kappa shape index (κ3) is 4.28. The van der Waals surface area contributed by atoms with Crippen LogP contribution in [-0.4, -0.2) is 23.8 Å². The minimum absolute atomic E-state index is 0.0563. The van der Waals surface area contributed by atoms with Crippen LogP contribution < -0.4 is 5.32 Å². The van der Waals surface area contributed by atoms with Gasteiger partial charge >= 0.3 is 0 Å². The van der Waals surface area contributed by atoms with Gasteiger partial charge < -0.3 is 10.2 Å². The first-order valence-corrected chi connectivity index (χ1v) is 10.3. The maximum Gasteiger partial charge on any atom is 0.255 e. The fourth-order valence-corrected chi connectivity index (χ4v) is 3.88. The Hall–Kier alpha value is -3.40. The lowest BCUT2D eigenvalue weighted by Gasteiger charge is -2.26. The highest BCUT2D eigenvalue weighted by Crippen LogP contribution is 2.48. The normalized spacial score (nSPS) is 18.3. The zero-order valence-electron chi connectivity index (χ0n) is 17.3. The second kappa shape index (κ2) is 8.54. The van der Waals surface area contributed by atoms with E-state index in [4.69, 9.17) is 0 Å². The SMILES string of the molecule is CC(c1cccc(NC(=O)c2ccccc2)c1)N(C)C(=O)C1CC1c1ccccc1. The fourth-order valence-electron chi connectivity index (χ4n) is 3.88. The predicted octanol–water partition coefficient (Wildman–Crippen LogP) is 5.26. The second-order valence-electron chi connectivity index (χ2n) is 7.93. The lowest BCUT2D eigenvalue weighted by molar-refractivity contribution is -0.133. The molecular weight excluding hydrogens is 372 g/mol. The van der Waals surface area contributed by atoms with E-state index in [1.165, 1.54) is 5.56 Å². The Kier molecular flexibility index (Phi) is 5.66. The van der Waals surface area contributed by atoms with E-state index in [9.17, 15) is 9.59 Å². The summed E-state index contributed by atoms with van der Waals surface area (Å²) in [5.74, 6) is 0.411. The van der Waals surface area contributed by atoms with Gasteiger partial charge in [0.15, 0.2) is 0 Å². The van der Waals surface area contributed by atoms with Crippen molar-refractivity contribution in [3.63, 3.8) is 0 Å². The number of nitrogens with one attached hydrogen (secondary N) is 1. The molecule has 3 atom stereocenters. The van der Waals surface area contributed by atoms with Gasteiger partial charge in [0, 0.05) is 24.2 Å². The molecule has 0 spiro atoms. The van der Waals surface area contributed by atoms with E-state index in [0.717, 1.165) is 17.7 Å². The van der Waals surface area contributed by atoms with Crippen molar-refractivity contribution in [3.8, 4) is 0 Å². The maximum atomic E-state index is 13.0. The van der Waals surface area contributed by atoms with Gasteiger partial charge in [-0.05, 0) is 54.7 Å². The molecule has 2 amide bonds. The highest BCUT2D eigenvalue weighted by atomic mass is 16.2. The zero-order chi connectivity index (χ0) is 21.1. The van der Waals surface area contributed by atoms with Gasteiger partial charge in [0.25, 0.3) is 5.91 Å². The molecule has 3 aromatic rings. The molecule has 4 nitrogen and oxygen atoms in total. The van der Waals surface area contributed by atoms with Crippen molar-refractivity contribution in [2.75, 3.05) is 12.4 Å². The van der Waals surface area contributed by atoms with Crippen LogP contribution in [0.1, 0.15) is 46.8 Å². The van der Waals surface area contributed by atoms with E-state index < -0.39 is 0 Å². The van der Waals surface area contributed by atoms with Crippen molar-refractivity contribution in [2.24, 2.45) is 5.92 Å². The standard InChI is InChI=1S/C26H26N2O2/c1-18(28(2)26(30)24-17-23(24)19-10-5-3-6-11-19)21-14-9-15-22(16-21)27-25(29)20-12-7-4-8-13-20/h3-16,18,23-24H,17H2,1-2H3,(H,27,29). The minimum atomic E-state index is -0.145. The first-order valence-electron chi connectivity index (χ1n) is 10.3. The molecule has 0 aliphatic heterocycles. The summed E-state index contributed by atoms with van der Waals surface area (Å²) in [5.41, 5.74) is 3.57. The van der Waals surface area contributed by atoms with Crippen LogP contribution in [0.15, 0.2) is 84.9 Å². The molecule has 0 bridgehead atoms. The molecule has 1 fully saturated rings. The molecule has 0 radical (unpaired) electrons. The molecule has 4 rings (SSSR count). The number of rotatable bonds is 6. The molecule has 1 aliphatic rings. The van der Waals surface area contributed by atoms with E-state index in [1.54, 1.807) is 12.1 Å². The molecule has 0 saturated heterocycles. The highest BCUT2D eigenvalue weighted by molar-refractivity contribution is 6.04. The minimum Gasteiger partial charge on any atom is -0.339 e. The van der Waals surface area contributed by atoms with Crippen LogP contribution in [0.5, 0.6) is 0 Å². The molecule has 3 aromatic carbocycles. The molecule has 152 valence electrons. The van der Waals surface area contributed by atoms with Crippen LogP contribution in [0.4, 0.5) is 5.69 Å². The van der Waals surface area contributed by atoms with Gasteiger partial charge in [-0.3, -0.25) is 9.59 Å². The third-order valence-corrected chi connectivity index (χ3v) is 5.93. The Morgan fingerprint density at radius 1 is 0.933 bits per heavy atom. The molecule has 1 saturated carbocycles. The topological polar surface area (TPSA) is 49.4 Å².